The average molecular weight is 400 g/mol. The number of ether oxygens (including phenoxy) is 1. The Labute approximate surface area is 168 Å². The van der Waals surface area contributed by atoms with Crippen molar-refractivity contribution in [3.63, 3.8) is 0 Å². The van der Waals surface area contributed by atoms with Crippen molar-refractivity contribution >= 4 is 57.0 Å². The minimum atomic E-state index is -0.00654. The highest BCUT2D eigenvalue weighted by Crippen LogP contribution is 2.35. The molecule has 0 saturated carbocycles. The molecule has 2 aliphatic heterocycles. The number of nitrogens with zero attached hydrogens (tertiary/aromatic N) is 3. The second kappa shape index (κ2) is 7.96. The van der Waals surface area contributed by atoms with Gasteiger partial charge in [0.1, 0.15) is 10.1 Å². The average Bonchev–Trinajstić information content (AvgIpc) is 2.96. The van der Waals surface area contributed by atoms with Crippen LogP contribution < -0.4 is 4.90 Å². The molecule has 1 amide bonds. The minimum Gasteiger partial charge on any atom is -0.378 e. The van der Waals surface area contributed by atoms with E-state index < -0.39 is 0 Å². The maximum absolute atomic E-state index is 12.8. The molecular formula is C20H21N3O2S2. The van der Waals surface area contributed by atoms with Crippen LogP contribution in [0.4, 0.5) is 5.82 Å². The molecule has 2 aromatic rings. The predicted octanol–water partition coefficient (Wildman–Crippen LogP) is 3.68. The van der Waals surface area contributed by atoms with Crippen LogP contribution >= 0.6 is 24.0 Å². The van der Waals surface area contributed by atoms with E-state index in [-0.39, 0.29) is 5.91 Å². The smallest absolute Gasteiger partial charge is 0.266 e. The molecule has 4 rings (SSSR count). The number of anilines is 1. The number of rotatable bonds is 4. The van der Waals surface area contributed by atoms with Crippen molar-refractivity contribution in [2.24, 2.45) is 0 Å². The number of aromatic nitrogens is 1. The van der Waals surface area contributed by atoms with Gasteiger partial charge < -0.3 is 9.64 Å². The van der Waals surface area contributed by atoms with Crippen molar-refractivity contribution in [2.45, 2.75) is 13.3 Å². The summed E-state index contributed by atoms with van der Waals surface area (Å²) in [5, 5.41) is 1.06. The van der Waals surface area contributed by atoms with E-state index in [1.54, 1.807) is 4.90 Å². The molecule has 0 N–H and O–H groups in total. The lowest BCUT2D eigenvalue weighted by atomic mass is 10.1. The maximum atomic E-state index is 12.8. The van der Waals surface area contributed by atoms with Crippen LogP contribution in [0.25, 0.3) is 17.0 Å². The second-order valence-electron chi connectivity index (χ2n) is 6.53. The fourth-order valence-corrected chi connectivity index (χ4v) is 4.61. The standard InChI is InChI=1S/C20H21N3O2S2/c1-2-7-23-19(24)17(27-20(23)26)13-15-12-14-5-3-4-6-16(14)21-18(15)22-8-10-25-11-9-22/h3-6,12-13H,2,7-11H2,1H3/b17-13-. The Morgan fingerprint density at radius 1 is 1.30 bits per heavy atom. The van der Waals surface area contributed by atoms with E-state index in [0.717, 1.165) is 41.8 Å². The fourth-order valence-electron chi connectivity index (χ4n) is 3.31. The van der Waals surface area contributed by atoms with E-state index in [1.807, 2.05) is 37.3 Å². The molecule has 140 valence electrons. The van der Waals surface area contributed by atoms with Crippen molar-refractivity contribution in [2.75, 3.05) is 37.7 Å². The second-order valence-corrected chi connectivity index (χ2v) is 8.20. The molecule has 1 aromatic carbocycles. The Hall–Kier alpha value is -1.96. The maximum Gasteiger partial charge on any atom is 0.266 e. The summed E-state index contributed by atoms with van der Waals surface area (Å²) in [6.07, 6.45) is 2.83. The summed E-state index contributed by atoms with van der Waals surface area (Å²) >= 11 is 6.77. The Kier molecular flexibility index (Phi) is 5.43. The zero-order chi connectivity index (χ0) is 18.8. The van der Waals surface area contributed by atoms with Gasteiger partial charge in [0, 0.05) is 30.6 Å². The van der Waals surface area contributed by atoms with Gasteiger partial charge in [0.15, 0.2) is 0 Å². The molecule has 2 saturated heterocycles. The van der Waals surface area contributed by atoms with Crippen LogP contribution in [-0.2, 0) is 9.53 Å². The van der Waals surface area contributed by atoms with Gasteiger partial charge in [-0.15, -0.1) is 0 Å². The van der Waals surface area contributed by atoms with E-state index >= 15 is 0 Å². The molecule has 5 nitrogen and oxygen atoms in total. The summed E-state index contributed by atoms with van der Waals surface area (Å²) in [7, 11) is 0. The minimum absolute atomic E-state index is 0.00654. The summed E-state index contributed by atoms with van der Waals surface area (Å²) in [4.78, 5) is 22.2. The van der Waals surface area contributed by atoms with Crippen molar-refractivity contribution in [3.8, 4) is 0 Å². The number of thioether (sulfide) groups is 1. The molecule has 7 heteroatoms. The van der Waals surface area contributed by atoms with Gasteiger partial charge in [-0.25, -0.2) is 4.98 Å². The van der Waals surface area contributed by atoms with Gasteiger partial charge in [-0.2, -0.15) is 0 Å². The van der Waals surface area contributed by atoms with Crippen molar-refractivity contribution in [1.29, 1.82) is 0 Å². The molecule has 2 aliphatic rings. The molecule has 0 unspecified atom stereocenters. The summed E-state index contributed by atoms with van der Waals surface area (Å²) < 4.78 is 6.12. The van der Waals surface area contributed by atoms with Crippen LogP contribution in [0.15, 0.2) is 35.2 Å². The lowest BCUT2D eigenvalue weighted by Gasteiger charge is -2.29. The van der Waals surface area contributed by atoms with Crippen LogP contribution in [0.1, 0.15) is 18.9 Å². The van der Waals surface area contributed by atoms with Crippen LogP contribution in [0.2, 0.25) is 0 Å². The van der Waals surface area contributed by atoms with Gasteiger partial charge >= 0.3 is 0 Å². The number of para-hydroxylation sites is 1. The van der Waals surface area contributed by atoms with E-state index in [9.17, 15) is 4.79 Å². The quantitative estimate of drug-likeness (QED) is 0.577. The molecule has 0 bridgehead atoms. The predicted molar refractivity (Wildman–Crippen MR) is 115 cm³/mol. The Morgan fingerprint density at radius 2 is 2.07 bits per heavy atom. The number of carbonyl (C=O) groups excluding carboxylic acids is 1. The number of carbonyl (C=O) groups is 1. The first kappa shape index (κ1) is 18.4. The summed E-state index contributed by atoms with van der Waals surface area (Å²) in [5.41, 5.74) is 1.90. The van der Waals surface area contributed by atoms with Crippen molar-refractivity contribution in [3.05, 3.63) is 40.8 Å². The molecule has 0 aliphatic carbocycles. The normalized spacial score (nSPS) is 19.5. The van der Waals surface area contributed by atoms with E-state index in [4.69, 9.17) is 21.9 Å². The monoisotopic (exact) mass is 399 g/mol. The zero-order valence-corrected chi connectivity index (χ0v) is 16.8. The first-order chi connectivity index (χ1) is 13.2. The lowest BCUT2D eigenvalue weighted by molar-refractivity contribution is -0.122. The largest absolute Gasteiger partial charge is 0.378 e. The third-order valence-corrected chi connectivity index (χ3v) is 6.03. The van der Waals surface area contributed by atoms with Crippen LogP contribution in [0, 0.1) is 0 Å². The number of benzene rings is 1. The fraction of sp³-hybridized carbons (Fsp3) is 0.350. The number of fused-ring (bicyclic) bond motifs is 1. The first-order valence-corrected chi connectivity index (χ1v) is 10.4. The summed E-state index contributed by atoms with van der Waals surface area (Å²) in [6, 6.07) is 10.2. The molecule has 3 heterocycles. The number of thiocarbonyl (C=S) groups is 1. The van der Waals surface area contributed by atoms with E-state index in [2.05, 4.69) is 11.0 Å². The Bertz CT molecular complexity index is 923. The van der Waals surface area contributed by atoms with Crippen LogP contribution in [-0.4, -0.2) is 53.0 Å². The number of hydrogen-bond acceptors (Lipinski definition) is 6. The topological polar surface area (TPSA) is 45.7 Å². The summed E-state index contributed by atoms with van der Waals surface area (Å²) in [5.74, 6) is 0.894. The van der Waals surface area contributed by atoms with Gasteiger partial charge in [0.05, 0.1) is 23.6 Å². The third-order valence-electron chi connectivity index (χ3n) is 4.65. The summed E-state index contributed by atoms with van der Waals surface area (Å²) in [6.45, 7) is 5.67. The zero-order valence-electron chi connectivity index (χ0n) is 15.2. The van der Waals surface area contributed by atoms with E-state index in [0.29, 0.717) is 29.0 Å². The number of morpholine rings is 1. The van der Waals surface area contributed by atoms with Gasteiger partial charge in [-0.3, -0.25) is 9.69 Å². The number of hydrogen-bond donors (Lipinski definition) is 0. The highest BCUT2D eigenvalue weighted by Gasteiger charge is 2.31. The van der Waals surface area contributed by atoms with E-state index in [1.165, 1.54) is 11.8 Å². The highest BCUT2D eigenvalue weighted by molar-refractivity contribution is 8.26. The lowest BCUT2D eigenvalue weighted by Crippen LogP contribution is -2.37. The molecule has 1 aromatic heterocycles. The van der Waals surface area contributed by atoms with Crippen LogP contribution in [0.5, 0.6) is 0 Å². The molecular weight excluding hydrogens is 378 g/mol. The van der Waals surface area contributed by atoms with Crippen molar-refractivity contribution < 1.29 is 9.53 Å². The first-order valence-electron chi connectivity index (χ1n) is 9.15. The molecule has 0 atom stereocenters. The number of pyridine rings is 1. The Morgan fingerprint density at radius 3 is 2.85 bits per heavy atom. The molecule has 0 spiro atoms. The van der Waals surface area contributed by atoms with Gasteiger partial charge in [0.2, 0.25) is 0 Å². The molecule has 0 radical (unpaired) electrons. The molecule has 2 fully saturated rings. The molecule has 27 heavy (non-hydrogen) atoms. The van der Waals surface area contributed by atoms with Gasteiger partial charge in [0.25, 0.3) is 5.91 Å². The van der Waals surface area contributed by atoms with Crippen molar-refractivity contribution in [1.82, 2.24) is 9.88 Å². The third kappa shape index (κ3) is 3.72. The van der Waals surface area contributed by atoms with Crippen LogP contribution in [0.3, 0.4) is 0 Å². The highest BCUT2D eigenvalue weighted by atomic mass is 32.2. The number of amides is 1. The van der Waals surface area contributed by atoms with Gasteiger partial charge in [-0.1, -0.05) is 49.1 Å². The SMILES string of the molecule is CCCN1C(=O)/C(=C/c2cc3ccccc3nc2N2CCOCC2)SC1=S. The Balaban J connectivity index is 1.77. The van der Waals surface area contributed by atoms with Gasteiger partial charge in [-0.05, 0) is 24.6 Å².